The minimum Gasteiger partial charge on any atom is -0.479 e. The number of halogens is 1. The summed E-state index contributed by atoms with van der Waals surface area (Å²) in [5.74, 6) is -1.68. The molecule has 0 bridgehead atoms. The third-order valence-electron chi connectivity index (χ3n) is 7.11. The molecule has 0 unspecified atom stereocenters. The quantitative estimate of drug-likeness (QED) is 0.163. The van der Waals surface area contributed by atoms with E-state index >= 15 is 0 Å². The number of hydrogen-bond acceptors (Lipinski definition) is 11. The molecule has 226 valence electrons. The second-order valence-corrected chi connectivity index (χ2v) is 10.3. The van der Waals surface area contributed by atoms with Gasteiger partial charge >= 0.3 is 11.9 Å². The van der Waals surface area contributed by atoms with Crippen LogP contribution < -0.4 is 0 Å². The molecule has 5 atom stereocenters. The van der Waals surface area contributed by atoms with Crippen LogP contribution in [0, 0.1) is 0 Å². The van der Waals surface area contributed by atoms with Gasteiger partial charge in [0.25, 0.3) is 0 Å². The zero-order valence-corrected chi connectivity index (χ0v) is 23.6. The number of hydrogen-bond donors (Lipinski definition) is 5. The van der Waals surface area contributed by atoms with Gasteiger partial charge in [0.05, 0.1) is 0 Å². The number of tetrazole rings is 1. The van der Waals surface area contributed by atoms with E-state index in [9.17, 15) is 30.0 Å². The lowest BCUT2D eigenvalue weighted by molar-refractivity contribution is -0.278. The number of aromatic amines is 1. The Hall–Kier alpha value is -4.21. The van der Waals surface area contributed by atoms with Crippen molar-refractivity contribution in [2.45, 2.75) is 63.4 Å². The number of carbonyl (C=O) groups is 2. The lowest BCUT2D eigenvalue weighted by Crippen LogP contribution is -2.60. The Morgan fingerprint density at radius 3 is 2.42 bits per heavy atom. The molecule has 5 N–H and O–H groups in total. The molecule has 14 nitrogen and oxygen atoms in total. The van der Waals surface area contributed by atoms with Gasteiger partial charge in [-0.15, -0.1) is 10.2 Å². The van der Waals surface area contributed by atoms with E-state index in [1.807, 2.05) is 55.5 Å². The number of carboxylic acid groups (broad SMARTS) is 1. The fourth-order valence-electron chi connectivity index (χ4n) is 4.85. The molecule has 43 heavy (non-hydrogen) atoms. The minimum atomic E-state index is -1.93. The molecular formula is C28H29ClN6O8. The maximum atomic E-state index is 13.4. The average molecular weight is 613 g/mol. The van der Waals surface area contributed by atoms with Gasteiger partial charge in [0.15, 0.2) is 17.0 Å². The van der Waals surface area contributed by atoms with Crippen molar-refractivity contribution in [3.8, 4) is 22.5 Å². The van der Waals surface area contributed by atoms with Gasteiger partial charge in [-0.3, -0.25) is 0 Å². The van der Waals surface area contributed by atoms with Crippen molar-refractivity contribution < 1.29 is 39.5 Å². The topological polar surface area (TPSA) is 206 Å². The molecule has 15 heteroatoms. The van der Waals surface area contributed by atoms with E-state index in [4.69, 9.17) is 21.1 Å². The van der Waals surface area contributed by atoms with Gasteiger partial charge in [-0.25, -0.2) is 14.6 Å². The van der Waals surface area contributed by atoms with Crippen molar-refractivity contribution in [1.29, 1.82) is 0 Å². The van der Waals surface area contributed by atoms with Crippen LogP contribution in [0.4, 0.5) is 0 Å². The molecule has 1 fully saturated rings. The van der Waals surface area contributed by atoms with Gasteiger partial charge in [-0.05, 0) is 28.3 Å². The molecule has 0 aliphatic carbocycles. The number of aliphatic hydroxyl groups excluding tert-OH is 3. The number of rotatable bonds is 10. The number of aromatic nitrogens is 6. The molecule has 1 aliphatic heterocycles. The van der Waals surface area contributed by atoms with Crippen molar-refractivity contribution in [2.24, 2.45) is 0 Å². The predicted molar refractivity (Wildman–Crippen MR) is 150 cm³/mol. The van der Waals surface area contributed by atoms with Crippen molar-refractivity contribution in [1.82, 2.24) is 30.2 Å². The van der Waals surface area contributed by atoms with Crippen LogP contribution >= 0.6 is 11.6 Å². The number of carboxylic acids is 1. The fourth-order valence-corrected chi connectivity index (χ4v) is 5.12. The van der Waals surface area contributed by atoms with Crippen LogP contribution in [0.25, 0.3) is 22.5 Å². The number of nitrogens with one attached hydrogen (secondary N) is 1. The lowest BCUT2D eigenvalue weighted by atomic mass is 9.98. The number of benzene rings is 2. The number of carbonyl (C=O) groups excluding carboxylic acids is 1. The molecule has 4 aromatic rings. The lowest BCUT2D eigenvalue weighted by Gasteiger charge is -2.37. The highest BCUT2D eigenvalue weighted by Crippen LogP contribution is 2.31. The molecule has 2 aromatic heterocycles. The van der Waals surface area contributed by atoms with Gasteiger partial charge in [0.1, 0.15) is 24.1 Å². The van der Waals surface area contributed by atoms with E-state index in [0.717, 1.165) is 35.1 Å². The molecular weight excluding hydrogens is 584 g/mol. The summed E-state index contributed by atoms with van der Waals surface area (Å²) in [6, 6.07) is 15.2. The van der Waals surface area contributed by atoms with E-state index in [2.05, 4.69) is 25.6 Å². The number of H-pyrrole nitrogens is 1. The molecule has 5 rings (SSSR count). The first kappa shape index (κ1) is 30.3. The Morgan fingerprint density at radius 1 is 1.05 bits per heavy atom. The van der Waals surface area contributed by atoms with Crippen LogP contribution in [0.15, 0.2) is 48.5 Å². The second-order valence-electron chi connectivity index (χ2n) is 9.98. The summed E-state index contributed by atoms with van der Waals surface area (Å²) in [6.07, 6.45) is -7.46. The highest BCUT2D eigenvalue weighted by molar-refractivity contribution is 6.32. The monoisotopic (exact) mass is 612 g/mol. The Bertz CT molecular complexity index is 1580. The third kappa shape index (κ3) is 6.28. The Kier molecular flexibility index (Phi) is 9.13. The first-order chi connectivity index (χ1) is 20.7. The van der Waals surface area contributed by atoms with Gasteiger partial charge in [0, 0.05) is 18.5 Å². The number of aliphatic carboxylic acids is 1. The van der Waals surface area contributed by atoms with E-state index in [-0.39, 0.29) is 17.4 Å². The highest BCUT2D eigenvalue weighted by atomic mass is 35.5. The normalized spacial score (nSPS) is 21.9. The number of imidazole rings is 1. The maximum Gasteiger partial charge on any atom is 0.360 e. The predicted octanol–water partition coefficient (Wildman–Crippen LogP) is 1.82. The molecule has 0 spiro atoms. The van der Waals surface area contributed by atoms with Gasteiger partial charge in [0.2, 0.25) is 12.1 Å². The second kappa shape index (κ2) is 13.0. The number of ether oxygens (including phenoxy) is 2. The number of nitrogens with zero attached hydrogens (tertiary/aromatic N) is 5. The SMILES string of the molecule is CCCCc1nc(Cl)c(C(=O)O[C@@H]2O[C@H](C(=O)O)[C@@H](O)[C@H](O)[C@H]2O)n1Cc1ccc(-c2ccccc2-c2nn[nH]n2)cc1. The number of esters is 1. The van der Waals surface area contributed by atoms with Crippen LogP contribution in [0.5, 0.6) is 0 Å². The summed E-state index contributed by atoms with van der Waals surface area (Å²) >= 11 is 6.41. The Morgan fingerprint density at radius 2 is 1.77 bits per heavy atom. The Labute approximate surface area is 249 Å². The number of aryl methyl sites for hydroxylation is 1. The van der Waals surface area contributed by atoms with Gasteiger partial charge < -0.3 is 34.5 Å². The minimum absolute atomic E-state index is 0.136. The van der Waals surface area contributed by atoms with E-state index in [1.54, 1.807) is 4.57 Å². The molecule has 0 amide bonds. The summed E-state index contributed by atoms with van der Waals surface area (Å²) < 4.78 is 12.0. The zero-order chi connectivity index (χ0) is 30.7. The van der Waals surface area contributed by atoms with Crippen LogP contribution in [-0.4, -0.2) is 93.2 Å². The van der Waals surface area contributed by atoms with Crippen LogP contribution in [-0.2, 0) is 27.2 Å². The van der Waals surface area contributed by atoms with Crippen LogP contribution in [0.1, 0.15) is 41.6 Å². The molecule has 1 saturated heterocycles. The van der Waals surface area contributed by atoms with E-state index in [1.165, 1.54) is 0 Å². The van der Waals surface area contributed by atoms with Crippen LogP contribution in [0.2, 0.25) is 5.15 Å². The standard InChI is InChI=1S/C28H29ClN6O8/c1-2-3-8-18-30-24(29)19(27(41)43-28-22(38)20(36)21(37)23(42-28)26(39)40)35(18)13-14-9-11-15(12-10-14)16-6-4-5-7-17(16)25-31-33-34-32-25/h4-7,9-12,20-23,28,36-38H,2-3,8,13H2,1H3,(H,39,40)(H,31,32,33,34)/t20-,21-,22+,23-,28-/m0/s1. The summed E-state index contributed by atoms with van der Waals surface area (Å²) in [5, 5.41) is 53.8. The smallest absolute Gasteiger partial charge is 0.360 e. The highest BCUT2D eigenvalue weighted by Gasteiger charge is 2.49. The summed E-state index contributed by atoms with van der Waals surface area (Å²) in [4.78, 5) is 29.2. The van der Waals surface area contributed by atoms with E-state index < -0.39 is 42.6 Å². The van der Waals surface area contributed by atoms with Crippen molar-refractivity contribution in [3.63, 3.8) is 0 Å². The first-order valence-electron chi connectivity index (χ1n) is 13.5. The fraction of sp³-hybridized carbons (Fsp3) is 0.357. The Balaban J connectivity index is 1.42. The number of unbranched alkanes of at least 4 members (excludes halogenated alkanes) is 1. The van der Waals surface area contributed by atoms with Crippen molar-refractivity contribution in [2.75, 3.05) is 0 Å². The van der Waals surface area contributed by atoms with E-state index in [0.29, 0.717) is 18.1 Å². The molecule has 1 aliphatic rings. The first-order valence-corrected chi connectivity index (χ1v) is 13.9. The molecule has 2 aromatic carbocycles. The summed E-state index contributed by atoms with van der Waals surface area (Å²) in [7, 11) is 0. The third-order valence-corrected chi connectivity index (χ3v) is 7.37. The summed E-state index contributed by atoms with van der Waals surface area (Å²) in [5.41, 5.74) is 3.26. The zero-order valence-electron chi connectivity index (χ0n) is 22.9. The number of aliphatic hydroxyl groups is 3. The van der Waals surface area contributed by atoms with Crippen molar-refractivity contribution in [3.05, 3.63) is 70.8 Å². The maximum absolute atomic E-state index is 13.4. The molecule has 3 heterocycles. The summed E-state index contributed by atoms with van der Waals surface area (Å²) in [6.45, 7) is 2.19. The largest absolute Gasteiger partial charge is 0.479 e. The van der Waals surface area contributed by atoms with Gasteiger partial charge in [-0.2, -0.15) is 5.21 Å². The van der Waals surface area contributed by atoms with Gasteiger partial charge in [-0.1, -0.05) is 73.5 Å². The molecule has 0 saturated carbocycles. The van der Waals surface area contributed by atoms with Crippen molar-refractivity contribution >= 4 is 23.5 Å². The molecule has 0 radical (unpaired) electrons. The average Bonchev–Trinajstić information content (AvgIpc) is 3.64. The van der Waals surface area contributed by atoms with Crippen LogP contribution in [0.3, 0.4) is 0 Å².